The van der Waals surface area contributed by atoms with Crippen LogP contribution < -0.4 is 4.74 Å². The summed E-state index contributed by atoms with van der Waals surface area (Å²) in [6.45, 7) is 3.69. The van der Waals surface area contributed by atoms with Crippen LogP contribution in [-0.2, 0) is 0 Å². The van der Waals surface area contributed by atoms with Crippen molar-refractivity contribution in [1.29, 1.82) is 0 Å². The molecule has 0 N–H and O–H groups in total. The first-order valence-electron chi connectivity index (χ1n) is 6.32. The summed E-state index contributed by atoms with van der Waals surface area (Å²) < 4.78 is 5.24. The minimum atomic E-state index is -0.0356. The Morgan fingerprint density at radius 3 is 2.45 bits per heavy atom. The summed E-state index contributed by atoms with van der Waals surface area (Å²) in [7, 11) is 1.61. The largest absolute Gasteiger partial charge is 0.496 e. The Hall–Kier alpha value is -2.61. The van der Waals surface area contributed by atoms with Gasteiger partial charge in [-0.15, -0.1) is 0 Å². The van der Waals surface area contributed by atoms with Crippen LogP contribution in [0, 0.1) is 0 Å². The molecule has 2 aromatic carbocycles. The topological polar surface area (TPSA) is 26.3 Å². The quantitative estimate of drug-likeness (QED) is 0.596. The van der Waals surface area contributed by atoms with Gasteiger partial charge in [0.15, 0.2) is 5.78 Å². The molecule has 2 rings (SSSR count). The molecule has 2 nitrogen and oxygen atoms in total. The molecule has 0 spiro atoms. The highest BCUT2D eigenvalue weighted by molar-refractivity contribution is 6.07. The predicted octanol–water partition coefficient (Wildman–Crippen LogP) is 4.23. The van der Waals surface area contributed by atoms with Crippen molar-refractivity contribution in [3.8, 4) is 5.75 Å². The third-order valence-electron chi connectivity index (χ3n) is 2.98. The Morgan fingerprint density at radius 1 is 1.10 bits per heavy atom. The van der Waals surface area contributed by atoms with E-state index in [4.69, 9.17) is 4.74 Å². The van der Waals surface area contributed by atoms with Crippen LogP contribution in [-0.4, -0.2) is 12.9 Å². The zero-order valence-corrected chi connectivity index (χ0v) is 11.4. The van der Waals surface area contributed by atoms with Crippen molar-refractivity contribution in [3.05, 3.63) is 77.9 Å². The van der Waals surface area contributed by atoms with E-state index < -0.39 is 0 Å². The van der Waals surface area contributed by atoms with E-state index in [9.17, 15) is 4.79 Å². The molecule has 0 radical (unpaired) electrons. The van der Waals surface area contributed by atoms with Crippen LogP contribution in [0.1, 0.15) is 21.5 Å². The molecule has 0 aromatic heterocycles. The third-order valence-corrected chi connectivity index (χ3v) is 2.98. The number of hydrogen-bond donors (Lipinski definition) is 0. The molecule has 0 saturated carbocycles. The molecule has 0 aliphatic rings. The fourth-order valence-corrected chi connectivity index (χ4v) is 1.85. The number of benzene rings is 2. The van der Waals surface area contributed by atoms with E-state index in [1.165, 1.54) is 0 Å². The second kappa shape index (κ2) is 6.53. The van der Waals surface area contributed by atoms with Gasteiger partial charge in [0.1, 0.15) is 5.75 Å². The number of carbonyl (C=O) groups excluding carboxylic acids is 1. The van der Waals surface area contributed by atoms with Crippen molar-refractivity contribution in [2.75, 3.05) is 7.11 Å². The van der Waals surface area contributed by atoms with Gasteiger partial charge >= 0.3 is 0 Å². The average molecular weight is 264 g/mol. The van der Waals surface area contributed by atoms with Crippen molar-refractivity contribution in [2.24, 2.45) is 0 Å². The molecule has 2 aromatic rings. The maximum Gasteiger partial charge on any atom is 0.185 e. The lowest BCUT2D eigenvalue weighted by molar-refractivity contribution is 0.104. The van der Waals surface area contributed by atoms with Crippen molar-refractivity contribution in [1.82, 2.24) is 0 Å². The van der Waals surface area contributed by atoms with Gasteiger partial charge in [0.25, 0.3) is 0 Å². The predicted molar refractivity (Wildman–Crippen MR) is 82.9 cm³/mol. The lowest BCUT2D eigenvalue weighted by Crippen LogP contribution is -1.94. The van der Waals surface area contributed by atoms with Crippen LogP contribution in [0.25, 0.3) is 12.2 Å². The molecule has 0 aliphatic carbocycles. The molecule has 100 valence electrons. The van der Waals surface area contributed by atoms with Crippen molar-refractivity contribution < 1.29 is 9.53 Å². The molecule has 0 amide bonds. The molecule has 2 heteroatoms. The van der Waals surface area contributed by atoms with Gasteiger partial charge in [-0.3, -0.25) is 4.79 Å². The summed E-state index contributed by atoms with van der Waals surface area (Å²) in [4.78, 5) is 12.1. The van der Waals surface area contributed by atoms with E-state index in [-0.39, 0.29) is 5.78 Å². The Bertz CT molecular complexity index is 637. The average Bonchev–Trinajstić information content (AvgIpc) is 2.53. The molecule has 0 fully saturated rings. The fourth-order valence-electron chi connectivity index (χ4n) is 1.85. The number of rotatable bonds is 5. The Balaban J connectivity index is 2.17. The van der Waals surface area contributed by atoms with Crippen LogP contribution in [0.4, 0.5) is 0 Å². The lowest BCUT2D eigenvalue weighted by Gasteiger charge is -2.03. The van der Waals surface area contributed by atoms with Gasteiger partial charge in [-0.05, 0) is 23.8 Å². The highest BCUT2D eigenvalue weighted by Crippen LogP contribution is 2.19. The van der Waals surface area contributed by atoms with Gasteiger partial charge in [-0.1, -0.05) is 55.1 Å². The summed E-state index contributed by atoms with van der Waals surface area (Å²) in [5.41, 5.74) is 2.53. The summed E-state index contributed by atoms with van der Waals surface area (Å²) in [6.07, 6.45) is 5.07. The smallest absolute Gasteiger partial charge is 0.185 e. The van der Waals surface area contributed by atoms with Crippen molar-refractivity contribution in [3.63, 3.8) is 0 Å². The van der Waals surface area contributed by atoms with Crippen LogP contribution in [0.5, 0.6) is 5.75 Å². The van der Waals surface area contributed by atoms with Gasteiger partial charge in [0.2, 0.25) is 0 Å². The maximum atomic E-state index is 12.1. The molecule has 0 atom stereocenters. The molecule has 20 heavy (non-hydrogen) atoms. The van der Waals surface area contributed by atoms with Gasteiger partial charge in [0.05, 0.1) is 7.11 Å². The Kier molecular flexibility index (Phi) is 4.51. The number of methoxy groups -OCH3 is 1. The van der Waals surface area contributed by atoms with Crippen LogP contribution >= 0.6 is 0 Å². The Labute approximate surface area is 119 Å². The van der Waals surface area contributed by atoms with Crippen LogP contribution in [0.2, 0.25) is 0 Å². The molecular weight excluding hydrogens is 248 g/mol. The number of ether oxygens (including phenoxy) is 1. The van der Waals surface area contributed by atoms with E-state index in [0.717, 1.165) is 16.9 Å². The second-order valence-electron chi connectivity index (χ2n) is 4.27. The number of ketones is 1. The van der Waals surface area contributed by atoms with Crippen LogP contribution in [0.15, 0.2) is 61.2 Å². The van der Waals surface area contributed by atoms with Crippen molar-refractivity contribution >= 4 is 17.9 Å². The molecular formula is C18H16O2. The Morgan fingerprint density at radius 2 is 1.80 bits per heavy atom. The monoisotopic (exact) mass is 264 g/mol. The summed E-state index contributed by atoms with van der Waals surface area (Å²) >= 11 is 0. The van der Waals surface area contributed by atoms with Gasteiger partial charge < -0.3 is 4.74 Å². The highest BCUT2D eigenvalue weighted by atomic mass is 16.5. The first kappa shape index (κ1) is 13.8. The minimum Gasteiger partial charge on any atom is -0.496 e. The normalized spacial score (nSPS) is 10.4. The fraction of sp³-hybridized carbons (Fsp3) is 0.0556. The number of hydrogen-bond acceptors (Lipinski definition) is 2. The first-order chi connectivity index (χ1) is 9.74. The number of carbonyl (C=O) groups is 1. The number of allylic oxidation sites excluding steroid dienone is 1. The lowest BCUT2D eigenvalue weighted by atomic mass is 10.1. The molecule has 0 bridgehead atoms. The molecule has 0 heterocycles. The summed E-state index contributed by atoms with van der Waals surface area (Å²) in [5, 5.41) is 0. The summed E-state index contributed by atoms with van der Waals surface area (Å²) in [6, 6.07) is 14.9. The molecule has 0 unspecified atom stereocenters. The second-order valence-corrected chi connectivity index (χ2v) is 4.27. The molecule has 0 aliphatic heterocycles. The van der Waals surface area contributed by atoms with E-state index in [2.05, 4.69) is 6.58 Å². The third kappa shape index (κ3) is 3.23. The minimum absolute atomic E-state index is 0.0356. The van der Waals surface area contributed by atoms with E-state index in [1.54, 1.807) is 37.5 Å². The van der Waals surface area contributed by atoms with Crippen molar-refractivity contribution in [2.45, 2.75) is 0 Å². The zero-order valence-electron chi connectivity index (χ0n) is 11.4. The SMILES string of the molecule is C=Cc1ccc(C(=O)C=Cc2ccccc2OC)cc1. The molecule has 0 saturated heterocycles. The highest BCUT2D eigenvalue weighted by Gasteiger charge is 2.02. The van der Waals surface area contributed by atoms with Crippen LogP contribution in [0.3, 0.4) is 0 Å². The zero-order chi connectivity index (χ0) is 14.4. The van der Waals surface area contributed by atoms with E-state index in [1.807, 2.05) is 36.4 Å². The maximum absolute atomic E-state index is 12.1. The van der Waals surface area contributed by atoms with E-state index in [0.29, 0.717) is 5.56 Å². The van der Waals surface area contributed by atoms with Gasteiger partial charge in [-0.25, -0.2) is 0 Å². The summed E-state index contributed by atoms with van der Waals surface area (Å²) in [5.74, 6) is 0.713. The van der Waals surface area contributed by atoms with E-state index >= 15 is 0 Å². The number of para-hydroxylation sites is 1. The first-order valence-corrected chi connectivity index (χ1v) is 6.32. The van der Waals surface area contributed by atoms with Gasteiger partial charge in [-0.2, -0.15) is 0 Å². The van der Waals surface area contributed by atoms with Gasteiger partial charge in [0, 0.05) is 11.1 Å². The standard InChI is InChI=1S/C18H16O2/c1-3-14-8-10-15(11-9-14)17(19)13-12-16-6-4-5-7-18(16)20-2/h3-13H,1H2,2H3.